The van der Waals surface area contributed by atoms with Crippen LogP contribution in [0, 0.1) is 0 Å². The Bertz CT molecular complexity index is 929. The molecule has 0 saturated heterocycles. The molecule has 5 nitrogen and oxygen atoms in total. The van der Waals surface area contributed by atoms with Gasteiger partial charge in [-0.2, -0.15) is 5.10 Å². The van der Waals surface area contributed by atoms with Crippen LogP contribution < -0.4 is 5.32 Å². The summed E-state index contributed by atoms with van der Waals surface area (Å²) >= 11 is 3.59. The molecule has 2 aliphatic rings. The van der Waals surface area contributed by atoms with Gasteiger partial charge in [-0.1, -0.05) is 35.2 Å². The minimum Gasteiger partial charge on any atom is -0.384 e. The monoisotopic (exact) mass is 397 g/mol. The average Bonchev–Trinajstić information content (AvgIpc) is 3.26. The Morgan fingerprint density at radius 3 is 2.88 bits per heavy atom. The summed E-state index contributed by atoms with van der Waals surface area (Å²) in [4.78, 5) is 9.09. The van der Waals surface area contributed by atoms with Crippen molar-refractivity contribution in [2.45, 2.75) is 44.1 Å². The lowest BCUT2D eigenvalue weighted by Gasteiger charge is -2.21. The molecule has 6 heteroatoms. The van der Waals surface area contributed by atoms with Gasteiger partial charge in [-0.15, -0.1) is 0 Å². The third-order valence-electron chi connectivity index (χ3n) is 5.53. The highest BCUT2D eigenvalue weighted by atomic mass is 79.9. The van der Waals surface area contributed by atoms with Crippen LogP contribution >= 0.6 is 15.9 Å². The van der Waals surface area contributed by atoms with Crippen molar-refractivity contribution < 1.29 is 0 Å². The summed E-state index contributed by atoms with van der Waals surface area (Å²) in [6.45, 7) is 0.868. The predicted molar refractivity (Wildman–Crippen MR) is 102 cm³/mol. The Morgan fingerprint density at radius 1 is 1.12 bits per heavy atom. The van der Waals surface area contributed by atoms with Gasteiger partial charge in [0.05, 0.1) is 17.1 Å². The van der Waals surface area contributed by atoms with Gasteiger partial charge in [0.25, 0.3) is 0 Å². The fourth-order valence-corrected chi connectivity index (χ4v) is 4.61. The van der Waals surface area contributed by atoms with E-state index in [1.807, 2.05) is 0 Å². The lowest BCUT2D eigenvalue weighted by atomic mass is 9.95. The summed E-state index contributed by atoms with van der Waals surface area (Å²) in [7, 11) is 0. The SMILES string of the molecule is Brc1ccc2c(c1)C(c1ncnc3nn(C4CCCCC4)cc13)CN2. The van der Waals surface area contributed by atoms with E-state index in [-0.39, 0.29) is 5.92 Å². The first-order valence-corrected chi connectivity index (χ1v) is 9.82. The molecule has 1 atom stereocenters. The second kappa shape index (κ2) is 6.09. The summed E-state index contributed by atoms with van der Waals surface area (Å²) in [5, 5.41) is 9.37. The van der Waals surface area contributed by atoms with Crippen molar-refractivity contribution >= 4 is 32.7 Å². The maximum Gasteiger partial charge on any atom is 0.184 e. The number of hydrogen-bond donors (Lipinski definition) is 1. The van der Waals surface area contributed by atoms with Crippen LogP contribution in [0.15, 0.2) is 35.2 Å². The topological polar surface area (TPSA) is 55.6 Å². The molecule has 5 rings (SSSR count). The Kier molecular flexibility index (Phi) is 3.73. The summed E-state index contributed by atoms with van der Waals surface area (Å²) in [6.07, 6.45) is 10.2. The molecule has 1 aliphatic carbocycles. The standard InChI is InChI=1S/C19H20BrN5/c20-12-6-7-17-14(8-12)15(9-21-17)18-16-10-25(13-4-2-1-3-5-13)24-19(16)23-11-22-18/h6-8,10-11,13,15,21H,1-5,9H2. The van der Waals surface area contributed by atoms with Gasteiger partial charge in [-0.05, 0) is 36.6 Å². The highest BCUT2D eigenvalue weighted by molar-refractivity contribution is 9.10. The lowest BCUT2D eigenvalue weighted by molar-refractivity contribution is 0.331. The highest BCUT2D eigenvalue weighted by Gasteiger charge is 2.28. The number of aromatic nitrogens is 4. The third-order valence-corrected chi connectivity index (χ3v) is 6.02. The van der Waals surface area contributed by atoms with Crippen LogP contribution in [0.5, 0.6) is 0 Å². The lowest BCUT2D eigenvalue weighted by Crippen LogP contribution is -2.13. The minimum atomic E-state index is 0.238. The van der Waals surface area contributed by atoms with Crippen LogP contribution in [0.3, 0.4) is 0 Å². The first-order chi connectivity index (χ1) is 12.3. The molecule has 1 unspecified atom stereocenters. The van der Waals surface area contributed by atoms with Crippen molar-refractivity contribution in [2.75, 3.05) is 11.9 Å². The molecule has 1 saturated carbocycles. The molecular formula is C19H20BrN5. The Balaban J connectivity index is 1.58. The molecule has 3 heterocycles. The van der Waals surface area contributed by atoms with E-state index in [1.54, 1.807) is 6.33 Å². The fourth-order valence-electron chi connectivity index (χ4n) is 4.23. The number of nitrogens with zero attached hydrogens (tertiary/aromatic N) is 4. The van der Waals surface area contributed by atoms with Gasteiger partial charge in [-0.3, -0.25) is 4.68 Å². The van der Waals surface area contributed by atoms with Crippen molar-refractivity contribution in [2.24, 2.45) is 0 Å². The number of benzene rings is 1. The molecule has 0 amide bonds. The van der Waals surface area contributed by atoms with Gasteiger partial charge >= 0.3 is 0 Å². The van der Waals surface area contributed by atoms with E-state index in [1.165, 1.54) is 43.4 Å². The molecule has 3 aromatic rings. The van der Waals surface area contributed by atoms with Crippen LogP contribution in [-0.4, -0.2) is 26.3 Å². The van der Waals surface area contributed by atoms with E-state index >= 15 is 0 Å². The van der Waals surface area contributed by atoms with Crippen LogP contribution in [0.1, 0.15) is 55.3 Å². The van der Waals surface area contributed by atoms with Crippen LogP contribution in [0.4, 0.5) is 5.69 Å². The number of hydrogen-bond acceptors (Lipinski definition) is 4. The second-order valence-electron chi connectivity index (χ2n) is 7.06. The number of anilines is 1. The average molecular weight is 398 g/mol. The smallest absolute Gasteiger partial charge is 0.184 e. The number of rotatable bonds is 2. The van der Waals surface area contributed by atoms with E-state index in [0.29, 0.717) is 6.04 Å². The maximum atomic E-state index is 4.78. The highest BCUT2D eigenvalue weighted by Crippen LogP contribution is 2.39. The normalized spacial score (nSPS) is 20.6. The molecule has 25 heavy (non-hydrogen) atoms. The van der Waals surface area contributed by atoms with Crippen molar-refractivity contribution in [3.63, 3.8) is 0 Å². The molecule has 2 aromatic heterocycles. The number of nitrogens with one attached hydrogen (secondary N) is 1. The van der Waals surface area contributed by atoms with E-state index in [2.05, 4.69) is 60.3 Å². The van der Waals surface area contributed by atoms with Crippen molar-refractivity contribution in [1.29, 1.82) is 0 Å². The van der Waals surface area contributed by atoms with Crippen LogP contribution in [0.2, 0.25) is 0 Å². The third kappa shape index (κ3) is 2.63. The van der Waals surface area contributed by atoms with Crippen molar-refractivity contribution in [3.8, 4) is 0 Å². The second-order valence-corrected chi connectivity index (χ2v) is 7.98. The van der Waals surface area contributed by atoms with Crippen LogP contribution in [0.25, 0.3) is 11.0 Å². The first-order valence-electron chi connectivity index (χ1n) is 9.02. The molecule has 1 fully saturated rings. The number of halogens is 1. The summed E-state index contributed by atoms with van der Waals surface area (Å²) in [5.41, 5.74) is 4.38. The summed E-state index contributed by atoms with van der Waals surface area (Å²) in [5.74, 6) is 0.238. The molecule has 1 N–H and O–H groups in total. The zero-order chi connectivity index (χ0) is 16.8. The Hall–Kier alpha value is -1.95. The van der Waals surface area contributed by atoms with Gasteiger partial charge in [0, 0.05) is 28.8 Å². The van der Waals surface area contributed by atoms with Gasteiger partial charge in [0.1, 0.15) is 6.33 Å². The molecule has 0 spiro atoms. The minimum absolute atomic E-state index is 0.238. The predicted octanol–water partition coefficient (Wildman–Crippen LogP) is 4.65. The quantitative estimate of drug-likeness (QED) is 0.683. The fraction of sp³-hybridized carbons (Fsp3) is 0.421. The van der Waals surface area contributed by atoms with E-state index < -0.39 is 0 Å². The summed E-state index contributed by atoms with van der Waals surface area (Å²) in [6, 6.07) is 6.91. The van der Waals surface area contributed by atoms with Crippen LogP contribution in [-0.2, 0) is 0 Å². The molecule has 1 aromatic carbocycles. The van der Waals surface area contributed by atoms with Crippen molar-refractivity contribution in [1.82, 2.24) is 19.7 Å². The van der Waals surface area contributed by atoms with Gasteiger partial charge < -0.3 is 5.32 Å². The van der Waals surface area contributed by atoms with E-state index in [0.717, 1.165) is 27.7 Å². The molecule has 1 aliphatic heterocycles. The zero-order valence-corrected chi connectivity index (χ0v) is 15.5. The summed E-state index contributed by atoms with van der Waals surface area (Å²) < 4.78 is 3.25. The Labute approximate surface area is 155 Å². The first kappa shape index (κ1) is 15.3. The van der Waals surface area contributed by atoms with E-state index in [9.17, 15) is 0 Å². The molecule has 0 bridgehead atoms. The maximum absolute atomic E-state index is 4.78. The molecular weight excluding hydrogens is 378 g/mol. The van der Waals surface area contributed by atoms with Gasteiger partial charge in [0.15, 0.2) is 5.65 Å². The molecule has 0 radical (unpaired) electrons. The number of fused-ring (bicyclic) bond motifs is 2. The van der Waals surface area contributed by atoms with Crippen molar-refractivity contribution in [3.05, 3.63) is 46.5 Å². The largest absolute Gasteiger partial charge is 0.384 e. The van der Waals surface area contributed by atoms with Gasteiger partial charge in [-0.25, -0.2) is 9.97 Å². The Morgan fingerprint density at radius 2 is 2.00 bits per heavy atom. The zero-order valence-electron chi connectivity index (χ0n) is 14.0. The van der Waals surface area contributed by atoms with Gasteiger partial charge in [0.2, 0.25) is 0 Å². The van der Waals surface area contributed by atoms with E-state index in [4.69, 9.17) is 5.10 Å². The molecule has 128 valence electrons.